The first-order chi connectivity index (χ1) is 8.31. The van der Waals surface area contributed by atoms with Crippen molar-refractivity contribution >= 4 is 5.69 Å². The predicted octanol–water partition coefficient (Wildman–Crippen LogP) is 2.42. The molecule has 0 bridgehead atoms. The van der Waals surface area contributed by atoms with E-state index in [0.717, 1.165) is 31.3 Å². The monoisotopic (exact) mass is 234 g/mol. The van der Waals surface area contributed by atoms with Crippen LogP contribution in [-0.2, 0) is 0 Å². The lowest BCUT2D eigenvalue weighted by molar-refractivity contribution is 0.389. The predicted molar refractivity (Wildman–Crippen MR) is 71.8 cm³/mol. The summed E-state index contributed by atoms with van der Waals surface area (Å²) in [5.41, 5.74) is 2.40. The lowest BCUT2D eigenvalue weighted by Crippen LogP contribution is -2.31. The highest BCUT2D eigenvalue weighted by molar-refractivity contribution is 5.56. The van der Waals surface area contributed by atoms with Crippen molar-refractivity contribution in [1.82, 2.24) is 5.32 Å². The van der Waals surface area contributed by atoms with E-state index in [9.17, 15) is 0 Å². The van der Waals surface area contributed by atoms with Crippen LogP contribution >= 0.6 is 0 Å². The van der Waals surface area contributed by atoms with Gasteiger partial charge in [-0.05, 0) is 50.9 Å². The van der Waals surface area contributed by atoms with Gasteiger partial charge in [-0.2, -0.15) is 0 Å². The fourth-order valence-electron chi connectivity index (χ4n) is 2.37. The molecule has 3 heteroatoms. The Hall–Kier alpha value is -1.22. The van der Waals surface area contributed by atoms with Gasteiger partial charge in [-0.25, -0.2) is 0 Å². The van der Waals surface area contributed by atoms with Crippen molar-refractivity contribution < 1.29 is 4.74 Å². The minimum Gasteiger partial charge on any atom is -0.496 e. The summed E-state index contributed by atoms with van der Waals surface area (Å²) in [6.07, 6.45) is 2.55. The number of nitrogens with one attached hydrogen (secondary N) is 2. The average Bonchev–Trinajstić information content (AvgIpc) is 2.39. The van der Waals surface area contributed by atoms with Crippen LogP contribution in [0.15, 0.2) is 18.2 Å². The molecule has 2 rings (SSSR count). The van der Waals surface area contributed by atoms with Crippen LogP contribution in [0.2, 0.25) is 0 Å². The number of hydrogen-bond donors (Lipinski definition) is 2. The summed E-state index contributed by atoms with van der Waals surface area (Å²) < 4.78 is 5.33. The molecule has 1 fully saturated rings. The molecular weight excluding hydrogens is 212 g/mol. The zero-order valence-electron chi connectivity index (χ0n) is 10.8. The molecule has 0 aromatic heterocycles. The first-order valence-corrected chi connectivity index (χ1v) is 6.39. The lowest BCUT2D eigenvalue weighted by atomic mass is 9.98. The Morgan fingerprint density at radius 2 is 2.12 bits per heavy atom. The molecule has 1 aromatic carbocycles. The first-order valence-electron chi connectivity index (χ1n) is 6.39. The molecule has 0 saturated carbocycles. The summed E-state index contributed by atoms with van der Waals surface area (Å²) in [7, 11) is 1.72. The first kappa shape index (κ1) is 12.2. The molecule has 17 heavy (non-hydrogen) atoms. The van der Waals surface area contributed by atoms with Gasteiger partial charge in [0.05, 0.1) is 7.11 Å². The van der Waals surface area contributed by atoms with Crippen LogP contribution in [0, 0.1) is 12.8 Å². The van der Waals surface area contributed by atoms with Crippen LogP contribution in [0.1, 0.15) is 18.4 Å². The molecule has 0 unspecified atom stereocenters. The second kappa shape index (κ2) is 5.92. The molecule has 0 aliphatic carbocycles. The minimum atomic E-state index is 0.793. The quantitative estimate of drug-likeness (QED) is 0.839. The van der Waals surface area contributed by atoms with E-state index in [4.69, 9.17) is 4.74 Å². The molecule has 1 aliphatic heterocycles. The van der Waals surface area contributed by atoms with Crippen LogP contribution in [0.4, 0.5) is 5.69 Å². The summed E-state index contributed by atoms with van der Waals surface area (Å²) in [5, 5.41) is 6.94. The van der Waals surface area contributed by atoms with E-state index < -0.39 is 0 Å². The van der Waals surface area contributed by atoms with Crippen molar-refractivity contribution in [3.05, 3.63) is 23.8 Å². The summed E-state index contributed by atoms with van der Waals surface area (Å²) in [6.45, 7) is 5.48. The number of hydrogen-bond acceptors (Lipinski definition) is 3. The molecule has 1 saturated heterocycles. The molecule has 0 atom stereocenters. The minimum absolute atomic E-state index is 0.793. The van der Waals surface area contributed by atoms with Gasteiger partial charge in [0.25, 0.3) is 0 Å². The van der Waals surface area contributed by atoms with Crippen LogP contribution in [0.5, 0.6) is 5.75 Å². The van der Waals surface area contributed by atoms with E-state index >= 15 is 0 Å². The molecule has 0 radical (unpaired) electrons. The highest BCUT2D eigenvalue weighted by Gasteiger charge is 2.13. The van der Waals surface area contributed by atoms with Crippen molar-refractivity contribution in [3.63, 3.8) is 0 Å². The van der Waals surface area contributed by atoms with E-state index in [2.05, 4.69) is 23.6 Å². The van der Waals surface area contributed by atoms with Gasteiger partial charge >= 0.3 is 0 Å². The van der Waals surface area contributed by atoms with Crippen molar-refractivity contribution in [3.8, 4) is 5.75 Å². The average molecular weight is 234 g/mol. The third-order valence-corrected chi connectivity index (χ3v) is 3.54. The van der Waals surface area contributed by atoms with Crippen molar-refractivity contribution in [1.29, 1.82) is 0 Å². The van der Waals surface area contributed by atoms with Crippen molar-refractivity contribution in [2.75, 3.05) is 32.1 Å². The van der Waals surface area contributed by atoms with Crippen LogP contribution < -0.4 is 15.4 Å². The fraction of sp³-hybridized carbons (Fsp3) is 0.571. The van der Waals surface area contributed by atoms with Gasteiger partial charge in [0.1, 0.15) is 5.75 Å². The number of anilines is 1. The Morgan fingerprint density at radius 3 is 2.82 bits per heavy atom. The van der Waals surface area contributed by atoms with Crippen LogP contribution in [0.3, 0.4) is 0 Å². The largest absolute Gasteiger partial charge is 0.496 e. The molecular formula is C14H22N2O. The topological polar surface area (TPSA) is 33.3 Å². The maximum Gasteiger partial charge on any atom is 0.123 e. The second-order valence-electron chi connectivity index (χ2n) is 4.71. The summed E-state index contributed by atoms with van der Waals surface area (Å²) in [6, 6.07) is 6.17. The maximum atomic E-state index is 5.33. The Morgan fingerprint density at radius 1 is 1.35 bits per heavy atom. The molecule has 2 N–H and O–H groups in total. The number of benzene rings is 1. The Kier molecular flexibility index (Phi) is 4.26. The highest BCUT2D eigenvalue weighted by Crippen LogP contribution is 2.25. The number of methoxy groups -OCH3 is 1. The normalized spacial score (nSPS) is 16.8. The van der Waals surface area contributed by atoms with Crippen LogP contribution in [-0.4, -0.2) is 26.7 Å². The van der Waals surface area contributed by atoms with Crippen LogP contribution in [0.25, 0.3) is 0 Å². The third-order valence-electron chi connectivity index (χ3n) is 3.54. The van der Waals surface area contributed by atoms with E-state index in [-0.39, 0.29) is 0 Å². The lowest BCUT2D eigenvalue weighted by Gasteiger charge is -2.23. The molecule has 1 aromatic rings. The van der Waals surface area contributed by atoms with E-state index in [1.54, 1.807) is 7.11 Å². The number of piperidine rings is 1. The van der Waals surface area contributed by atoms with Gasteiger partial charge in [0.15, 0.2) is 0 Å². The maximum absolute atomic E-state index is 5.33. The molecule has 0 spiro atoms. The van der Waals surface area contributed by atoms with Gasteiger partial charge in [-0.3, -0.25) is 0 Å². The summed E-state index contributed by atoms with van der Waals surface area (Å²) in [4.78, 5) is 0. The molecule has 1 aliphatic rings. The second-order valence-corrected chi connectivity index (χ2v) is 4.71. The van der Waals surface area contributed by atoms with E-state index in [1.807, 2.05) is 12.1 Å². The van der Waals surface area contributed by atoms with Crippen molar-refractivity contribution in [2.45, 2.75) is 19.8 Å². The van der Waals surface area contributed by atoms with Gasteiger partial charge in [-0.15, -0.1) is 0 Å². The van der Waals surface area contributed by atoms with Gasteiger partial charge < -0.3 is 15.4 Å². The smallest absolute Gasteiger partial charge is 0.123 e. The number of ether oxygens (including phenoxy) is 1. The van der Waals surface area contributed by atoms with Gasteiger partial charge in [0, 0.05) is 17.8 Å². The zero-order valence-corrected chi connectivity index (χ0v) is 10.8. The summed E-state index contributed by atoms with van der Waals surface area (Å²) >= 11 is 0. The summed E-state index contributed by atoms with van der Waals surface area (Å²) in [5.74, 6) is 1.75. The Bertz CT molecular complexity index is 359. The third kappa shape index (κ3) is 3.13. The number of rotatable bonds is 4. The molecule has 3 nitrogen and oxygen atoms in total. The SMILES string of the molecule is COc1cccc(NCC2CCNCC2)c1C. The molecule has 94 valence electrons. The Labute approximate surface area is 104 Å². The highest BCUT2D eigenvalue weighted by atomic mass is 16.5. The van der Waals surface area contributed by atoms with Crippen molar-refractivity contribution in [2.24, 2.45) is 5.92 Å². The van der Waals surface area contributed by atoms with E-state index in [1.165, 1.54) is 24.1 Å². The van der Waals surface area contributed by atoms with E-state index in [0.29, 0.717) is 0 Å². The van der Waals surface area contributed by atoms with Gasteiger partial charge in [0.2, 0.25) is 0 Å². The molecule has 0 amide bonds. The zero-order chi connectivity index (χ0) is 12.1. The van der Waals surface area contributed by atoms with Gasteiger partial charge in [-0.1, -0.05) is 6.07 Å². The molecule has 1 heterocycles. The fourth-order valence-corrected chi connectivity index (χ4v) is 2.37. The Balaban J connectivity index is 1.93. The standard InChI is InChI=1S/C14H22N2O/c1-11-13(4-3-5-14(11)17-2)16-10-12-6-8-15-9-7-12/h3-5,12,15-16H,6-10H2,1-2H3.